The number of carbonyl (C=O) groups excluding carboxylic acids is 1. The third-order valence-electron chi connectivity index (χ3n) is 6.43. The predicted molar refractivity (Wildman–Crippen MR) is 113 cm³/mol. The second-order valence-electron chi connectivity index (χ2n) is 9.24. The van der Waals surface area contributed by atoms with Crippen LogP contribution in [0.5, 0.6) is 0 Å². The Bertz CT molecular complexity index is 686. The van der Waals surface area contributed by atoms with Gasteiger partial charge in [0.25, 0.3) is 0 Å². The summed E-state index contributed by atoms with van der Waals surface area (Å²) in [6, 6.07) is 1.47. The van der Waals surface area contributed by atoms with Crippen molar-refractivity contribution >= 4 is 18.0 Å². The molecule has 1 saturated carbocycles. The Balaban J connectivity index is 2.34. The molecule has 30 heavy (non-hydrogen) atoms. The highest BCUT2D eigenvalue weighted by Gasteiger charge is 2.39. The first-order valence-electron chi connectivity index (χ1n) is 10.7. The number of hydrogen-bond acceptors (Lipinski definition) is 5. The highest BCUT2D eigenvalue weighted by Crippen LogP contribution is 2.34. The van der Waals surface area contributed by atoms with Crippen LogP contribution in [-0.4, -0.2) is 65.9 Å². The number of carbonyl (C=O) groups is 2. The van der Waals surface area contributed by atoms with Gasteiger partial charge in [-0.3, -0.25) is 10.1 Å². The molecule has 1 unspecified atom stereocenters. The maximum Gasteiger partial charge on any atom is 0.411 e. The molecule has 0 aromatic carbocycles. The zero-order chi connectivity index (χ0) is 22.4. The summed E-state index contributed by atoms with van der Waals surface area (Å²) in [5, 5.41) is 24.3. The van der Waals surface area contributed by atoms with E-state index in [1.165, 1.54) is 0 Å². The molecule has 2 aliphatic rings. The number of aliphatic imine (C=N–C) groups is 1. The molecule has 9 heteroatoms. The van der Waals surface area contributed by atoms with Crippen molar-refractivity contribution in [2.24, 2.45) is 16.3 Å². The van der Waals surface area contributed by atoms with E-state index in [4.69, 9.17) is 4.74 Å². The van der Waals surface area contributed by atoms with Crippen molar-refractivity contribution in [1.29, 1.82) is 5.26 Å². The number of morpholine rings is 1. The van der Waals surface area contributed by atoms with E-state index in [9.17, 15) is 20.0 Å². The summed E-state index contributed by atoms with van der Waals surface area (Å²) in [5.74, 6) is 0.117. The minimum atomic E-state index is -1.23. The number of guanidine groups is 1. The van der Waals surface area contributed by atoms with Crippen LogP contribution in [0.2, 0.25) is 0 Å². The summed E-state index contributed by atoms with van der Waals surface area (Å²) in [6.45, 7) is 10.2. The number of nitrogens with zero attached hydrogens (tertiary/aromatic N) is 3. The number of amides is 2. The Morgan fingerprint density at radius 2 is 1.87 bits per heavy atom. The van der Waals surface area contributed by atoms with Crippen LogP contribution in [0.3, 0.4) is 0 Å². The van der Waals surface area contributed by atoms with E-state index in [-0.39, 0.29) is 17.3 Å². The van der Waals surface area contributed by atoms with Crippen LogP contribution < -0.4 is 10.6 Å². The van der Waals surface area contributed by atoms with Crippen molar-refractivity contribution < 1.29 is 19.4 Å². The zero-order valence-corrected chi connectivity index (χ0v) is 18.5. The second kappa shape index (κ2) is 10.1. The van der Waals surface area contributed by atoms with E-state index >= 15 is 0 Å². The van der Waals surface area contributed by atoms with Crippen LogP contribution >= 0.6 is 0 Å². The molecule has 1 aliphatic heterocycles. The first kappa shape index (κ1) is 23.9. The number of nitrogens with one attached hydrogen (secondary N) is 2. The molecule has 3 N–H and O–H groups in total. The van der Waals surface area contributed by atoms with Gasteiger partial charge in [-0.1, -0.05) is 27.7 Å². The Kier molecular flexibility index (Phi) is 8.07. The quantitative estimate of drug-likeness (QED) is 0.446. The molecule has 0 spiro atoms. The predicted octanol–water partition coefficient (Wildman–Crippen LogP) is 2.34. The van der Waals surface area contributed by atoms with Crippen LogP contribution in [0.1, 0.15) is 59.8 Å². The van der Waals surface area contributed by atoms with Gasteiger partial charge in [-0.05, 0) is 43.4 Å². The molecule has 2 fully saturated rings. The Labute approximate surface area is 178 Å². The molecule has 1 saturated heterocycles. The van der Waals surface area contributed by atoms with E-state index in [1.807, 2.05) is 0 Å². The van der Waals surface area contributed by atoms with Gasteiger partial charge in [0.05, 0.1) is 19.3 Å². The van der Waals surface area contributed by atoms with Crippen molar-refractivity contribution in [1.82, 2.24) is 15.5 Å². The van der Waals surface area contributed by atoms with Crippen molar-refractivity contribution in [2.45, 2.75) is 71.4 Å². The zero-order valence-electron chi connectivity index (χ0n) is 18.5. The maximum absolute atomic E-state index is 13.3. The van der Waals surface area contributed by atoms with Gasteiger partial charge in [-0.25, -0.2) is 9.79 Å². The summed E-state index contributed by atoms with van der Waals surface area (Å²) >= 11 is 0. The Morgan fingerprint density at radius 3 is 2.37 bits per heavy atom. The molecule has 0 radical (unpaired) electrons. The number of rotatable bonds is 6. The average molecular weight is 422 g/mol. The largest absolute Gasteiger partial charge is 0.465 e. The van der Waals surface area contributed by atoms with E-state index in [0.29, 0.717) is 51.5 Å². The van der Waals surface area contributed by atoms with Crippen molar-refractivity contribution in [3.8, 4) is 6.07 Å². The fraction of sp³-hybridized carbons (Fsp3) is 0.810. The molecule has 168 valence electrons. The average Bonchev–Trinajstić information content (AvgIpc) is 3.15. The van der Waals surface area contributed by atoms with E-state index in [0.717, 1.165) is 12.8 Å². The van der Waals surface area contributed by atoms with Gasteiger partial charge >= 0.3 is 6.09 Å². The minimum Gasteiger partial charge on any atom is -0.465 e. The van der Waals surface area contributed by atoms with Gasteiger partial charge in [0.2, 0.25) is 11.9 Å². The lowest BCUT2D eigenvalue weighted by atomic mass is 9.76. The lowest BCUT2D eigenvalue weighted by Crippen LogP contribution is -2.52. The molecular formula is C21H35N5O4. The SMILES string of the molecule is CC(C)C(C)(C)CC(N=C(NC(=O)O)N1CCOCC1)C(=O)NC1(C#N)CCCC1. The first-order chi connectivity index (χ1) is 14.1. The van der Waals surface area contributed by atoms with Gasteiger partial charge in [-0.15, -0.1) is 0 Å². The van der Waals surface area contributed by atoms with Gasteiger partial charge in [0.1, 0.15) is 11.6 Å². The van der Waals surface area contributed by atoms with Gasteiger partial charge < -0.3 is 20.1 Å². The van der Waals surface area contributed by atoms with E-state index < -0.39 is 17.7 Å². The third kappa shape index (κ3) is 6.33. The van der Waals surface area contributed by atoms with Crippen LogP contribution in [0.25, 0.3) is 0 Å². The number of ether oxygens (including phenoxy) is 1. The molecule has 0 aromatic heterocycles. The summed E-state index contributed by atoms with van der Waals surface area (Å²) < 4.78 is 5.35. The van der Waals surface area contributed by atoms with Crippen LogP contribution in [-0.2, 0) is 9.53 Å². The molecule has 2 amide bonds. The van der Waals surface area contributed by atoms with E-state index in [1.54, 1.807) is 4.90 Å². The molecule has 0 bridgehead atoms. The van der Waals surface area contributed by atoms with Gasteiger partial charge in [-0.2, -0.15) is 5.26 Å². The lowest BCUT2D eigenvalue weighted by molar-refractivity contribution is -0.124. The summed E-state index contributed by atoms with van der Waals surface area (Å²) in [6.07, 6.45) is 2.27. The van der Waals surface area contributed by atoms with Gasteiger partial charge in [0, 0.05) is 13.1 Å². The number of nitriles is 1. The summed E-state index contributed by atoms with van der Waals surface area (Å²) in [7, 11) is 0. The normalized spacial score (nSPS) is 20.5. The van der Waals surface area contributed by atoms with Gasteiger partial charge in [0.15, 0.2) is 0 Å². The molecule has 0 aromatic rings. The van der Waals surface area contributed by atoms with Crippen molar-refractivity contribution in [2.75, 3.05) is 26.3 Å². The van der Waals surface area contributed by atoms with Crippen molar-refractivity contribution in [3.63, 3.8) is 0 Å². The standard InChI is InChI=1S/C21H35N5O4/c1-15(2)20(3,4)13-16(17(27)25-21(14-22)7-5-6-8-21)23-18(24-19(28)29)26-9-11-30-12-10-26/h15-16H,5-13H2,1-4H3,(H,23,24)(H,25,27)(H,28,29). The minimum absolute atomic E-state index is 0.155. The molecular weight excluding hydrogens is 386 g/mol. The van der Waals surface area contributed by atoms with Crippen LogP contribution in [0.4, 0.5) is 4.79 Å². The van der Waals surface area contributed by atoms with Crippen molar-refractivity contribution in [3.05, 3.63) is 0 Å². The Hall–Kier alpha value is -2.34. The first-order valence-corrected chi connectivity index (χ1v) is 10.7. The monoisotopic (exact) mass is 421 g/mol. The fourth-order valence-electron chi connectivity index (χ4n) is 3.70. The molecule has 9 nitrogen and oxygen atoms in total. The van der Waals surface area contributed by atoms with E-state index in [2.05, 4.69) is 49.4 Å². The molecule has 2 rings (SSSR count). The van der Waals surface area contributed by atoms with Crippen LogP contribution in [0.15, 0.2) is 4.99 Å². The molecule has 1 atom stereocenters. The third-order valence-corrected chi connectivity index (χ3v) is 6.43. The smallest absolute Gasteiger partial charge is 0.411 e. The summed E-state index contributed by atoms with van der Waals surface area (Å²) in [5.41, 5.74) is -1.06. The van der Waals surface area contributed by atoms with Crippen LogP contribution in [0, 0.1) is 22.7 Å². The molecule has 1 heterocycles. The lowest BCUT2D eigenvalue weighted by Gasteiger charge is -2.34. The number of carboxylic acid groups (broad SMARTS) is 1. The molecule has 1 aliphatic carbocycles. The highest BCUT2D eigenvalue weighted by atomic mass is 16.5. The maximum atomic E-state index is 13.3. The Morgan fingerprint density at radius 1 is 1.27 bits per heavy atom. The number of hydrogen-bond donors (Lipinski definition) is 3. The fourth-order valence-corrected chi connectivity index (χ4v) is 3.70. The topological polar surface area (TPSA) is 127 Å². The summed E-state index contributed by atoms with van der Waals surface area (Å²) in [4.78, 5) is 31.0. The highest BCUT2D eigenvalue weighted by molar-refractivity contribution is 5.95. The second-order valence-corrected chi connectivity index (χ2v) is 9.24.